The highest BCUT2D eigenvalue weighted by Gasteiger charge is 2.04. The zero-order valence-electron chi connectivity index (χ0n) is 9.16. The predicted octanol–water partition coefficient (Wildman–Crippen LogP) is 2.63. The van der Waals surface area contributed by atoms with E-state index in [9.17, 15) is 4.39 Å². The highest BCUT2D eigenvalue weighted by Crippen LogP contribution is 2.19. The maximum Gasteiger partial charge on any atom is 0.161 e. The summed E-state index contributed by atoms with van der Waals surface area (Å²) in [5, 5.41) is 2.92. The van der Waals surface area contributed by atoms with Crippen LogP contribution in [0.15, 0.2) is 30.5 Å². The lowest BCUT2D eigenvalue weighted by atomic mass is 10.1. The SMILES string of the molecule is CNc1ccnc(-c2cc(C)cc(F)c2)n1. The van der Waals surface area contributed by atoms with Gasteiger partial charge in [0.25, 0.3) is 0 Å². The van der Waals surface area contributed by atoms with Gasteiger partial charge in [0.2, 0.25) is 0 Å². The van der Waals surface area contributed by atoms with E-state index in [0.29, 0.717) is 17.2 Å². The van der Waals surface area contributed by atoms with Gasteiger partial charge in [0, 0.05) is 18.8 Å². The van der Waals surface area contributed by atoms with Crippen LogP contribution in [0.3, 0.4) is 0 Å². The van der Waals surface area contributed by atoms with E-state index in [1.165, 1.54) is 12.1 Å². The molecule has 0 saturated carbocycles. The third-order valence-corrected chi connectivity index (χ3v) is 2.21. The molecule has 0 bridgehead atoms. The summed E-state index contributed by atoms with van der Waals surface area (Å²) in [6, 6.07) is 6.53. The Morgan fingerprint density at radius 3 is 2.75 bits per heavy atom. The monoisotopic (exact) mass is 217 g/mol. The molecule has 0 fully saturated rings. The van der Waals surface area contributed by atoms with Gasteiger partial charge < -0.3 is 5.32 Å². The van der Waals surface area contributed by atoms with Crippen LogP contribution in [-0.2, 0) is 0 Å². The summed E-state index contributed by atoms with van der Waals surface area (Å²) in [7, 11) is 1.78. The second-order valence-electron chi connectivity index (χ2n) is 3.53. The number of nitrogens with zero attached hydrogens (tertiary/aromatic N) is 2. The Labute approximate surface area is 93.4 Å². The van der Waals surface area contributed by atoms with Crippen LogP contribution in [-0.4, -0.2) is 17.0 Å². The minimum atomic E-state index is -0.270. The van der Waals surface area contributed by atoms with Crippen LogP contribution in [0.1, 0.15) is 5.56 Å². The summed E-state index contributed by atoms with van der Waals surface area (Å²) in [6.07, 6.45) is 1.65. The number of hydrogen-bond donors (Lipinski definition) is 1. The first-order valence-corrected chi connectivity index (χ1v) is 4.97. The lowest BCUT2D eigenvalue weighted by Gasteiger charge is -2.04. The second kappa shape index (κ2) is 4.26. The molecule has 1 aromatic carbocycles. The summed E-state index contributed by atoms with van der Waals surface area (Å²) in [4.78, 5) is 8.38. The molecule has 2 rings (SSSR count). The highest BCUT2D eigenvalue weighted by atomic mass is 19.1. The number of halogens is 1. The van der Waals surface area contributed by atoms with E-state index in [1.807, 2.05) is 13.0 Å². The first kappa shape index (κ1) is 10.5. The zero-order valence-corrected chi connectivity index (χ0v) is 9.16. The van der Waals surface area contributed by atoms with Crippen molar-refractivity contribution in [1.29, 1.82) is 0 Å². The molecular weight excluding hydrogens is 205 g/mol. The summed E-state index contributed by atoms with van der Waals surface area (Å²) in [5.41, 5.74) is 1.54. The number of anilines is 1. The third kappa shape index (κ3) is 2.16. The van der Waals surface area contributed by atoms with Gasteiger partial charge in [0.05, 0.1) is 0 Å². The van der Waals surface area contributed by atoms with E-state index in [0.717, 1.165) is 5.56 Å². The molecule has 16 heavy (non-hydrogen) atoms. The van der Waals surface area contributed by atoms with E-state index < -0.39 is 0 Å². The van der Waals surface area contributed by atoms with Crippen molar-refractivity contribution in [3.05, 3.63) is 41.8 Å². The molecule has 0 aliphatic carbocycles. The smallest absolute Gasteiger partial charge is 0.161 e. The Balaban J connectivity index is 2.49. The fourth-order valence-electron chi connectivity index (χ4n) is 1.50. The van der Waals surface area contributed by atoms with Crippen molar-refractivity contribution in [3.63, 3.8) is 0 Å². The van der Waals surface area contributed by atoms with Crippen molar-refractivity contribution in [2.24, 2.45) is 0 Å². The van der Waals surface area contributed by atoms with Crippen molar-refractivity contribution in [3.8, 4) is 11.4 Å². The molecule has 0 atom stereocenters. The average Bonchev–Trinajstić information content (AvgIpc) is 2.28. The quantitative estimate of drug-likeness (QED) is 0.840. The molecule has 0 aliphatic rings. The predicted molar refractivity (Wildman–Crippen MR) is 61.7 cm³/mol. The summed E-state index contributed by atoms with van der Waals surface area (Å²) >= 11 is 0. The molecule has 1 aromatic heterocycles. The van der Waals surface area contributed by atoms with Crippen LogP contribution in [0.2, 0.25) is 0 Å². The lowest BCUT2D eigenvalue weighted by molar-refractivity contribution is 0.627. The minimum absolute atomic E-state index is 0.270. The maximum atomic E-state index is 13.2. The average molecular weight is 217 g/mol. The van der Waals surface area contributed by atoms with Gasteiger partial charge in [0.1, 0.15) is 11.6 Å². The zero-order chi connectivity index (χ0) is 11.5. The maximum absolute atomic E-state index is 13.2. The van der Waals surface area contributed by atoms with E-state index in [4.69, 9.17) is 0 Å². The van der Waals surface area contributed by atoms with Gasteiger partial charge in [-0.2, -0.15) is 0 Å². The van der Waals surface area contributed by atoms with Crippen LogP contribution in [0.25, 0.3) is 11.4 Å². The molecule has 82 valence electrons. The third-order valence-electron chi connectivity index (χ3n) is 2.21. The van der Waals surface area contributed by atoms with Gasteiger partial charge in [0.15, 0.2) is 5.82 Å². The first-order valence-electron chi connectivity index (χ1n) is 4.97. The van der Waals surface area contributed by atoms with Gasteiger partial charge in [-0.05, 0) is 36.8 Å². The topological polar surface area (TPSA) is 37.8 Å². The van der Waals surface area contributed by atoms with Crippen molar-refractivity contribution in [1.82, 2.24) is 9.97 Å². The van der Waals surface area contributed by atoms with Crippen molar-refractivity contribution in [2.75, 3.05) is 12.4 Å². The molecule has 0 amide bonds. The number of rotatable bonds is 2. The van der Waals surface area contributed by atoms with E-state index in [-0.39, 0.29) is 5.82 Å². The normalized spacial score (nSPS) is 10.2. The summed E-state index contributed by atoms with van der Waals surface area (Å²) in [6.45, 7) is 1.84. The molecule has 1 heterocycles. The Morgan fingerprint density at radius 1 is 1.25 bits per heavy atom. The molecule has 0 spiro atoms. The molecule has 3 nitrogen and oxygen atoms in total. The molecule has 0 aliphatic heterocycles. The molecule has 1 N–H and O–H groups in total. The molecular formula is C12H12FN3. The molecule has 0 unspecified atom stereocenters. The van der Waals surface area contributed by atoms with Gasteiger partial charge >= 0.3 is 0 Å². The van der Waals surface area contributed by atoms with Gasteiger partial charge in [-0.25, -0.2) is 14.4 Å². The fraction of sp³-hybridized carbons (Fsp3) is 0.167. The van der Waals surface area contributed by atoms with Crippen LogP contribution in [0.5, 0.6) is 0 Å². The van der Waals surface area contributed by atoms with Crippen LogP contribution >= 0.6 is 0 Å². The summed E-state index contributed by atoms with van der Waals surface area (Å²) < 4.78 is 13.2. The standard InChI is InChI=1S/C12H12FN3/c1-8-5-9(7-10(13)6-8)12-15-4-3-11(14-2)16-12/h3-7H,1-2H3,(H,14,15,16). The van der Waals surface area contributed by atoms with Crippen LogP contribution in [0, 0.1) is 12.7 Å². The molecule has 0 saturated heterocycles. The van der Waals surface area contributed by atoms with Crippen molar-refractivity contribution >= 4 is 5.82 Å². The fourth-order valence-corrected chi connectivity index (χ4v) is 1.50. The van der Waals surface area contributed by atoms with E-state index in [1.54, 1.807) is 19.3 Å². The van der Waals surface area contributed by atoms with Gasteiger partial charge in [-0.15, -0.1) is 0 Å². The highest BCUT2D eigenvalue weighted by molar-refractivity contribution is 5.57. The lowest BCUT2D eigenvalue weighted by Crippen LogP contribution is -1.96. The van der Waals surface area contributed by atoms with Crippen LogP contribution < -0.4 is 5.32 Å². The van der Waals surface area contributed by atoms with Crippen molar-refractivity contribution < 1.29 is 4.39 Å². The van der Waals surface area contributed by atoms with E-state index >= 15 is 0 Å². The first-order chi connectivity index (χ1) is 7.69. The Morgan fingerprint density at radius 2 is 2.06 bits per heavy atom. The van der Waals surface area contributed by atoms with Gasteiger partial charge in [-0.3, -0.25) is 0 Å². The van der Waals surface area contributed by atoms with E-state index in [2.05, 4.69) is 15.3 Å². The largest absolute Gasteiger partial charge is 0.373 e. The number of aromatic nitrogens is 2. The van der Waals surface area contributed by atoms with Crippen molar-refractivity contribution in [2.45, 2.75) is 6.92 Å². The van der Waals surface area contributed by atoms with Gasteiger partial charge in [-0.1, -0.05) is 0 Å². The second-order valence-corrected chi connectivity index (χ2v) is 3.53. The minimum Gasteiger partial charge on any atom is -0.373 e. The Hall–Kier alpha value is -1.97. The Bertz CT molecular complexity index is 491. The molecule has 4 heteroatoms. The molecule has 0 radical (unpaired) electrons. The van der Waals surface area contributed by atoms with Crippen LogP contribution in [0.4, 0.5) is 10.2 Å². The number of hydrogen-bond acceptors (Lipinski definition) is 3. The molecule has 2 aromatic rings. The number of aryl methyl sites for hydroxylation is 1. The number of benzene rings is 1. The Kier molecular flexibility index (Phi) is 2.81. The number of nitrogens with one attached hydrogen (secondary N) is 1. The summed E-state index contributed by atoms with van der Waals surface area (Å²) in [5.74, 6) is 0.967.